The van der Waals surface area contributed by atoms with Crippen molar-refractivity contribution in [2.75, 3.05) is 23.9 Å². The minimum atomic E-state index is -0.0930. The van der Waals surface area contributed by atoms with Crippen molar-refractivity contribution in [2.24, 2.45) is 0 Å². The fourth-order valence-electron chi connectivity index (χ4n) is 3.57. The van der Waals surface area contributed by atoms with Gasteiger partial charge < -0.3 is 4.90 Å². The molecule has 0 aromatic heterocycles. The molecule has 1 amide bonds. The van der Waals surface area contributed by atoms with Gasteiger partial charge in [-0.15, -0.1) is 0 Å². The van der Waals surface area contributed by atoms with E-state index in [1.807, 2.05) is 49.3 Å². The lowest BCUT2D eigenvalue weighted by Gasteiger charge is -2.26. The predicted octanol–water partition coefficient (Wildman–Crippen LogP) is 4.81. The maximum Gasteiger partial charge on any atom is 0.259 e. The second kappa shape index (κ2) is 6.34. The number of hydrogen-bond acceptors (Lipinski definition) is 2. The first-order valence-corrected chi connectivity index (χ1v) is 8.83. The molecule has 4 rings (SSSR count). The number of rotatable bonds is 3. The lowest BCUT2D eigenvalue weighted by Crippen LogP contribution is -2.28. The average molecular weight is 342 g/mol. The van der Waals surface area contributed by atoms with E-state index in [1.165, 1.54) is 5.56 Å². The molecule has 0 aliphatic carbocycles. The van der Waals surface area contributed by atoms with Crippen LogP contribution in [0.25, 0.3) is 0 Å². The zero-order chi connectivity index (χ0) is 18.3. The summed E-state index contributed by atoms with van der Waals surface area (Å²) in [6.45, 7) is 2.08. The molecule has 0 spiro atoms. The van der Waals surface area contributed by atoms with Gasteiger partial charge in [0.05, 0.1) is 6.04 Å². The molecule has 1 aliphatic rings. The van der Waals surface area contributed by atoms with Crippen LogP contribution in [0.4, 0.5) is 11.4 Å². The molecule has 1 heterocycles. The third-order valence-corrected chi connectivity index (χ3v) is 5.00. The summed E-state index contributed by atoms with van der Waals surface area (Å²) in [6, 6.07) is 24.4. The SMILES string of the molecule is Cc1ccc([C@H]2c3ccccc3C(=O)N2c2ccc(N(C)C)cc2)cc1. The van der Waals surface area contributed by atoms with Gasteiger partial charge >= 0.3 is 0 Å². The molecule has 3 aromatic rings. The third kappa shape index (κ3) is 2.66. The standard InChI is InChI=1S/C23H22N2O/c1-16-8-10-17(11-9-16)22-20-6-4-5-7-21(20)23(26)25(22)19-14-12-18(13-15-19)24(2)3/h4-15,22H,1-3H3/t22-/m0/s1. The lowest BCUT2D eigenvalue weighted by atomic mass is 9.97. The highest BCUT2D eigenvalue weighted by Gasteiger charge is 2.38. The van der Waals surface area contributed by atoms with Gasteiger partial charge in [-0.25, -0.2) is 0 Å². The summed E-state index contributed by atoms with van der Waals surface area (Å²) in [5, 5.41) is 0. The number of nitrogens with zero attached hydrogens (tertiary/aromatic N) is 2. The van der Waals surface area contributed by atoms with Crippen LogP contribution in [0, 0.1) is 6.92 Å². The van der Waals surface area contributed by atoms with E-state index in [2.05, 4.69) is 54.3 Å². The van der Waals surface area contributed by atoms with Gasteiger partial charge in [-0.1, -0.05) is 48.0 Å². The number of aryl methyl sites for hydroxylation is 1. The Kier molecular flexibility index (Phi) is 4.00. The Balaban J connectivity index is 1.83. The summed E-state index contributed by atoms with van der Waals surface area (Å²) in [4.78, 5) is 17.2. The Morgan fingerprint density at radius 1 is 0.846 bits per heavy atom. The number of carbonyl (C=O) groups is 1. The number of benzene rings is 3. The van der Waals surface area contributed by atoms with Gasteiger partial charge in [0.15, 0.2) is 0 Å². The Hall–Kier alpha value is -3.07. The van der Waals surface area contributed by atoms with Crippen molar-refractivity contribution in [3.05, 3.63) is 95.1 Å². The fourth-order valence-corrected chi connectivity index (χ4v) is 3.57. The molecule has 3 aromatic carbocycles. The van der Waals surface area contributed by atoms with E-state index in [-0.39, 0.29) is 11.9 Å². The van der Waals surface area contributed by atoms with Crippen molar-refractivity contribution < 1.29 is 4.79 Å². The summed E-state index contributed by atoms with van der Waals surface area (Å²) in [7, 11) is 4.03. The van der Waals surface area contributed by atoms with Crippen molar-refractivity contribution >= 4 is 17.3 Å². The largest absolute Gasteiger partial charge is 0.378 e. The molecular weight excluding hydrogens is 320 g/mol. The monoisotopic (exact) mass is 342 g/mol. The molecule has 3 heteroatoms. The molecule has 1 aliphatic heterocycles. The van der Waals surface area contributed by atoms with Crippen molar-refractivity contribution in [1.82, 2.24) is 0 Å². The van der Waals surface area contributed by atoms with Crippen LogP contribution in [0.3, 0.4) is 0 Å². The van der Waals surface area contributed by atoms with Gasteiger partial charge in [0.1, 0.15) is 0 Å². The summed E-state index contributed by atoms with van der Waals surface area (Å²) < 4.78 is 0. The van der Waals surface area contributed by atoms with Crippen LogP contribution in [0.2, 0.25) is 0 Å². The smallest absolute Gasteiger partial charge is 0.259 e. The maximum atomic E-state index is 13.2. The first kappa shape index (κ1) is 16.4. The number of fused-ring (bicyclic) bond motifs is 1. The molecule has 130 valence electrons. The number of hydrogen-bond donors (Lipinski definition) is 0. The van der Waals surface area contributed by atoms with E-state index >= 15 is 0 Å². The Labute approximate surface area is 154 Å². The van der Waals surface area contributed by atoms with Gasteiger partial charge in [-0.05, 0) is 48.4 Å². The molecule has 3 nitrogen and oxygen atoms in total. The van der Waals surface area contributed by atoms with E-state index in [1.54, 1.807) is 0 Å². The number of amides is 1. The van der Waals surface area contributed by atoms with Crippen molar-refractivity contribution in [3.63, 3.8) is 0 Å². The van der Waals surface area contributed by atoms with Crippen molar-refractivity contribution in [1.29, 1.82) is 0 Å². The molecular formula is C23H22N2O. The second-order valence-electron chi connectivity index (χ2n) is 6.99. The average Bonchev–Trinajstić information content (AvgIpc) is 2.95. The normalized spacial score (nSPS) is 15.9. The fraction of sp³-hybridized carbons (Fsp3) is 0.174. The van der Waals surface area contributed by atoms with Crippen LogP contribution in [0.15, 0.2) is 72.8 Å². The molecule has 0 N–H and O–H groups in total. The van der Waals surface area contributed by atoms with Crippen molar-refractivity contribution in [3.8, 4) is 0 Å². The second-order valence-corrected chi connectivity index (χ2v) is 6.99. The van der Waals surface area contributed by atoms with Crippen LogP contribution in [-0.2, 0) is 0 Å². The summed E-state index contributed by atoms with van der Waals surface area (Å²) in [5.74, 6) is 0.0591. The lowest BCUT2D eigenvalue weighted by molar-refractivity contribution is 0.0993. The van der Waals surface area contributed by atoms with Gasteiger partial charge in [0.2, 0.25) is 0 Å². The molecule has 1 atom stereocenters. The number of carbonyl (C=O) groups excluding carboxylic acids is 1. The van der Waals surface area contributed by atoms with Gasteiger partial charge in [0, 0.05) is 31.0 Å². The summed E-state index contributed by atoms with van der Waals surface area (Å²) in [6.07, 6.45) is 0. The van der Waals surface area contributed by atoms with Gasteiger partial charge in [-0.2, -0.15) is 0 Å². The highest BCUT2D eigenvalue weighted by molar-refractivity contribution is 6.11. The molecule has 0 fully saturated rings. The van der Waals surface area contributed by atoms with Crippen LogP contribution in [0.1, 0.15) is 33.1 Å². The Bertz CT molecular complexity index is 943. The minimum Gasteiger partial charge on any atom is -0.378 e. The van der Waals surface area contributed by atoms with E-state index in [0.717, 1.165) is 28.1 Å². The Morgan fingerprint density at radius 2 is 1.50 bits per heavy atom. The van der Waals surface area contributed by atoms with E-state index < -0.39 is 0 Å². The maximum absolute atomic E-state index is 13.2. The van der Waals surface area contributed by atoms with Crippen LogP contribution in [0.5, 0.6) is 0 Å². The summed E-state index contributed by atoms with van der Waals surface area (Å²) >= 11 is 0. The first-order chi connectivity index (χ1) is 12.6. The summed E-state index contributed by atoms with van der Waals surface area (Å²) in [5.41, 5.74) is 6.24. The minimum absolute atomic E-state index is 0.0591. The Morgan fingerprint density at radius 3 is 2.15 bits per heavy atom. The van der Waals surface area contributed by atoms with Gasteiger partial charge in [-0.3, -0.25) is 9.69 Å². The molecule has 0 radical (unpaired) electrons. The molecule has 0 unspecified atom stereocenters. The van der Waals surface area contributed by atoms with E-state index in [9.17, 15) is 4.79 Å². The highest BCUT2D eigenvalue weighted by Crippen LogP contribution is 2.41. The molecule has 26 heavy (non-hydrogen) atoms. The quantitative estimate of drug-likeness (QED) is 0.682. The van der Waals surface area contributed by atoms with Crippen LogP contribution < -0.4 is 9.80 Å². The predicted molar refractivity (Wildman–Crippen MR) is 107 cm³/mol. The topological polar surface area (TPSA) is 23.6 Å². The van der Waals surface area contributed by atoms with Crippen LogP contribution in [-0.4, -0.2) is 20.0 Å². The molecule has 0 saturated heterocycles. The number of anilines is 2. The van der Waals surface area contributed by atoms with Crippen LogP contribution >= 0.6 is 0 Å². The first-order valence-electron chi connectivity index (χ1n) is 8.83. The van der Waals surface area contributed by atoms with Crippen molar-refractivity contribution in [2.45, 2.75) is 13.0 Å². The van der Waals surface area contributed by atoms with E-state index in [0.29, 0.717) is 0 Å². The van der Waals surface area contributed by atoms with E-state index in [4.69, 9.17) is 0 Å². The zero-order valence-electron chi connectivity index (χ0n) is 15.3. The highest BCUT2D eigenvalue weighted by atomic mass is 16.2. The molecule has 0 saturated carbocycles. The third-order valence-electron chi connectivity index (χ3n) is 5.00. The zero-order valence-corrected chi connectivity index (χ0v) is 15.3. The van der Waals surface area contributed by atoms with Gasteiger partial charge in [0.25, 0.3) is 5.91 Å². The molecule has 0 bridgehead atoms.